The molecular formula is C12H22O3. The molecule has 2 heterocycles. The van der Waals surface area contributed by atoms with Gasteiger partial charge in [-0.3, -0.25) is 0 Å². The van der Waals surface area contributed by atoms with Crippen molar-refractivity contribution in [3.05, 3.63) is 0 Å². The fourth-order valence-corrected chi connectivity index (χ4v) is 2.83. The summed E-state index contributed by atoms with van der Waals surface area (Å²) in [6.07, 6.45) is 4.25. The van der Waals surface area contributed by atoms with Crippen molar-refractivity contribution in [3.8, 4) is 0 Å². The van der Waals surface area contributed by atoms with Crippen molar-refractivity contribution < 1.29 is 14.6 Å². The molecule has 2 aliphatic heterocycles. The van der Waals surface area contributed by atoms with E-state index >= 15 is 0 Å². The van der Waals surface area contributed by atoms with Gasteiger partial charge in [-0.15, -0.1) is 0 Å². The Morgan fingerprint density at radius 1 is 1.33 bits per heavy atom. The molecule has 1 spiro atoms. The summed E-state index contributed by atoms with van der Waals surface area (Å²) in [5, 5.41) is 9.75. The quantitative estimate of drug-likeness (QED) is 0.724. The number of hydrogen-bond acceptors (Lipinski definition) is 3. The minimum Gasteiger partial charge on any atom is -0.393 e. The largest absolute Gasteiger partial charge is 0.393 e. The number of aliphatic hydroxyl groups excluding tert-OH is 1. The van der Waals surface area contributed by atoms with E-state index in [1.807, 2.05) is 0 Å². The maximum absolute atomic E-state index is 9.75. The molecule has 3 atom stereocenters. The van der Waals surface area contributed by atoms with Crippen molar-refractivity contribution in [1.82, 2.24) is 0 Å². The second-order valence-electron chi connectivity index (χ2n) is 5.26. The van der Waals surface area contributed by atoms with E-state index in [1.54, 1.807) is 0 Å². The lowest BCUT2D eigenvalue weighted by Gasteiger charge is -2.48. The molecule has 1 N–H and O–H groups in total. The van der Waals surface area contributed by atoms with Crippen LogP contribution in [0.15, 0.2) is 0 Å². The van der Waals surface area contributed by atoms with E-state index in [1.165, 1.54) is 0 Å². The van der Waals surface area contributed by atoms with E-state index in [-0.39, 0.29) is 17.3 Å². The first kappa shape index (κ1) is 11.4. The van der Waals surface area contributed by atoms with Crippen molar-refractivity contribution >= 4 is 0 Å². The van der Waals surface area contributed by atoms with Gasteiger partial charge < -0.3 is 14.6 Å². The SMILES string of the molecule is CCC1(C)CC2(CCO1)CC(O)CCO2. The van der Waals surface area contributed by atoms with Gasteiger partial charge >= 0.3 is 0 Å². The van der Waals surface area contributed by atoms with Gasteiger partial charge in [0.05, 0.1) is 23.9 Å². The lowest BCUT2D eigenvalue weighted by Crippen LogP contribution is -2.52. The lowest BCUT2D eigenvalue weighted by atomic mass is 9.77. The summed E-state index contributed by atoms with van der Waals surface area (Å²) >= 11 is 0. The van der Waals surface area contributed by atoms with E-state index in [2.05, 4.69) is 13.8 Å². The molecule has 0 amide bonds. The van der Waals surface area contributed by atoms with Crippen LogP contribution >= 0.6 is 0 Å². The standard InChI is InChI=1S/C12H22O3/c1-3-11(2)9-12(5-7-14-11)8-10(13)4-6-15-12/h10,13H,3-9H2,1-2H3. The van der Waals surface area contributed by atoms with Crippen LogP contribution < -0.4 is 0 Å². The number of ether oxygens (including phenoxy) is 2. The van der Waals surface area contributed by atoms with Gasteiger partial charge in [0.15, 0.2) is 0 Å². The molecule has 15 heavy (non-hydrogen) atoms. The van der Waals surface area contributed by atoms with Crippen molar-refractivity contribution in [3.63, 3.8) is 0 Å². The third-order valence-corrected chi connectivity index (χ3v) is 3.92. The Morgan fingerprint density at radius 2 is 2.13 bits per heavy atom. The predicted octanol–water partition coefficient (Wildman–Crippen LogP) is 1.88. The fourth-order valence-electron chi connectivity index (χ4n) is 2.83. The minimum absolute atomic E-state index is 0.0602. The van der Waals surface area contributed by atoms with Gasteiger partial charge in [0.2, 0.25) is 0 Å². The first-order valence-electron chi connectivity index (χ1n) is 6.04. The first-order chi connectivity index (χ1) is 7.08. The Balaban J connectivity index is 2.07. The van der Waals surface area contributed by atoms with Gasteiger partial charge in [0.1, 0.15) is 0 Å². The Morgan fingerprint density at radius 3 is 2.80 bits per heavy atom. The Labute approximate surface area is 91.8 Å². The minimum atomic E-state index is -0.182. The molecular weight excluding hydrogens is 192 g/mol. The van der Waals surface area contributed by atoms with Crippen LogP contribution in [0.5, 0.6) is 0 Å². The van der Waals surface area contributed by atoms with Crippen molar-refractivity contribution in [2.75, 3.05) is 13.2 Å². The maximum Gasteiger partial charge on any atom is 0.0756 e. The molecule has 3 heteroatoms. The van der Waals surface area contributed by atoms with Gasteiger partial charge in [0.25, 0.3) is 0 Å². The highest BCUT2D eigenvalue weighted by atomic mass is 16.5. The molecule has 0 saturated carbocycles. The molecule has 3 nitrogen and oxygen atoms in total. The van der Waals surface area contributed by atoms with Crippen LogP contribution in [0.1, 0.15) is 46.0 Å². The summed E-state index contributed by atoms with van der Waals surface area (Å²) in [7, 11) is 0. The average molecular weight is 214 g/mol. The molecule has 3 unspecified atom stereocenters. The lowest BCUT2D eigenvalue weighted by molar-refractivity contribution is -0.205. The molecule has 0 aromatic heterocycles. The van der Waals surface area contributed by atoms with Gasteiger partial charge in [-0.25, -0.2) is 0 Å². The molecule has 0 aliphatic carbocycles. The van der Waals surface area contributed by atoms with Crippen LogP contribution in [0.25, 0.3) is 0 Å². The summed E-state index contributed by atoms with van der Waals surface area (Å²) in [4.78, 5) is 0. The smallest absolute Gasteiger partial charge is 0.0756 e. The Kier molecular flexibility index (Phi) is 3.06. The second-order valence-corrected chi connectivity index (χ2v) is 5.26. The molecule has 0 bridgehead atoms. The van der Waals surface area contributed by atoms with Crippen LogP contribution in [0, 0.1) is 0 Å². The number of rotatable bonds is 1. The van der Waals surface area contributed by atoms with Crippen LogP contribution in [-0.4, -0.2) is 35.6 Å². The third kappa shape index (κ3) is 2.35. The summed E-state index contributed by atoms with van der Waals surface area (Å²) in [6.45, 7) is 5.76. The van der Waals surface area contributed by atoms with Crippen LogP contribution in [0.3, 0.4) is 0 Å². The average Bonchev–Trinajstić information content (AvgIpc) is 2.17. The van der Waals surface area contributed by atoms with Crippen molar-refractivity contribution in [2.45, 2.75) is 63.3 Å². The molecule has 0 aromatic rings. The Bertz CT molecular complexity index is 227. The third-order valence-electron chi connectivity index (χ3n) is 3.92. The van der Waals surface area contributed by atoms with Crippen LogP contribution in [0.4, 0.5) is 0 Å². The topological polar surface area (TPSA) is 38.7 Å². The van der Waals surface area contributed by atoms with E-state index < -0.39 is 0 Å². The van der Waals surface area contributed by atoms with Gasteiger partial charge in [-0.1, -0.05) is 6.92 Å². The molecule has 88 valence electrons. The molecule has 2 aliphatic rings. The molecule has 2 saturated heterocycles. The zero-order valence-corrected chi connectivity index (χ0v) is 9.79. The maximum atomic E-state index is 9.75. The summed E-state index contributed by atoms with van der Waals surface area (Å²) in [5.41, 5.74) is -0.171. The Hall–Kier alpha value is -0.120. The zero-order valence-electron chi connectivity index (χ0n) is 9.79. The number of aliphatic hydroxyl groups is 1. The van der Waals surface area contributed by atoms with Gasteiger partial charge in [-0.2, -0.15) is 0 Å². The molecule has 0 radical (unpaired) electrons. The summed E-state index contributed by atoms with van der Waals surface area (Å²) < 4.78 is 11.7. The van der Waals surface area contributed by atoms with E-state index in [4.69, 9.17) is 9.47 Å². The highest BCUT2D eigenvalue weighted by Crippen LogP contribution is 2.41. The predicted molar refractivity (Wildman–Crippen MR) is 57.8 cm³/mol. The van der Waals surface area contributed by atoms with E-state index in [0.29, 0.717) is 6.61 Å². The first-order valence-corrected chi connectivity index (χ1v) is 6.04. The molecule has 0 aromatic carbocycles. The van der Waals surface area contributed by atoms with Crippen LogP contribution in [0.2, 0.25) is 0 Å². The fraction of sp³-hybridized carbons (Fsp3) is 1.00. The van der Waals surface area contributed by atoms with Crippen molar-refractivity contribution in [1.29, 1.82) is 0 Å². The van der Waals surface area contributed by atoms with Gasteiger partial charge in [0, 0.05) is 19.4 Å². The van der Waals surface area contributed by atoms with E-state index in [0.717, 1.165) is 38.7 Å². The van der Waals surface area contributed by atoms with Crippen LogP contribution in [-0.2, 0) is 9.47 Å². The monoisotopic (exact) mass is 214 g/mol. The normalized spacial score (nSPS) is 47.0. The summed E-state index contributed by atoms with van der Waals surface area (Å²) in [5.74, 6) is 0. The zero-order chi connectivity index (χ0) is 10.9. The van der Waals surface area contributed by atoms with E-state index in [9.17, 15) is 5.11 Å². The number of hydrogen-bond donors (Lipinski definition) is 1. The van der Waals surface area contributed by atoms with Gasteiger partial charge in [-0.05, 0) is 26.2 Å². The second kappa shape index (κ2) is 4.04. The summed E-state index contributed by atoms with van der Waals surface area (Å²) in [6, 6.07) is 0. The molecule has 2 rings (SSSR count). The molecule has 2 fully saturated rings. The highest BCUT2D eigenvalue weighted by molar-refractivity contribution is 4.96. The van der Waals surface area contributed by atoms with Crippen molar-refractivity contribution in [2.24, 2.45) is 0 Å². The highest BCUT2D eigenvalue weighted by Gasteiger charge is 2.45.